The second-order valence-corrected chi connectivity index (χ2v) is 9.29. The summed E-state index contributed by atoms with van der Waals surface area (Å²) in [6.07, 6.45) is 7.46. The van der Waals surface area contributed by atoms with Gasteiger partial charge in [0.05, 0.1) is 32.0 Å². The van der Waals surface area contributed by atoms with Crippen LogP contribution in [0.5, 0.6) is 11.5 Å². The van der Waals surface area contributed by atoms with Gasteiger partial charge in [0, 0.05) is 41.2 Å². The molecule has 10 heteroatoms. The van der Waals surface area contributed by atoms with E-state index in [1.807, 2.05) is 36.5 Å². The number of para-hydroxylation sites is 1. The van der Waals surface area contributed by atoms with Gasteiger partial charge in [0.1, 0.15) is 23.1 Å². The first-order valence-electron chi connectivity index (χ1n) is 12.7. The molecule has 0 aliphatic heterocycles. The van der Waals surface area contributed by atoms with E-state index in [0.717, 1.165) is 29.5 Å². The standard InChI is InChI=1S/C29H26F2N6O2/c1-3-39-18-12-22(30)21(23(31)13-18)16-37-25-7-5-4-6-19(25)27(36-37)29-33-15-26(38-2)28(35-29)34-24-10-11-32-14-20(24)17-8-9-17/h4-7,10-15,17H,3,8-9,16H2,1-2H3,(H,32,33,34,35). The summed E-state index contributed by atoms with van der Waals surface area (Å²) in [5, 5.41) is 8.84. The molecule has 3 aromatic heterocycles. The largest absolute Gasteiger partial charge is 0.494 e. The van der Waals surface area contributed by atoms with Crippen molar-refractivity contribution in [1.29, 1.82) is 0 Å². The molecule has 0 radical (unpaired) electrons. The Morgan fingerprint density at radius 3 is 2.62 bits per heavy atom. The van der Waals surface area contributed by atoms with E-state index in [1.54, 1.807) is 31.1 Å². The fraction of sp³-hybridized carbons (Fsp3) is 0.241. The Balaban J connectivity index is 1.39. The molecule has 0 atom stereocenters. The maximum atomic E-state index is 14.9. The van der Waals surface area contributed by atoms with Crippen molar-refractivity contribution in [2.45, 2.75) is 32.2 Å². The van der Waals surface area contributed by atoms with Gasteiger partial charge in [0.15, 0.2) is 17.4 Å². The number of benzene rings is 2. The minimum Gasteiger partial charge on any atom is -0.494 e. The fourth-order valence-corrected chi connectivity index (χ4v) is 4.64. The molecule has 1 aliphatic carbocycles. The topological polar surface area (TPSA) is 87.0 Å². The first-order chi connectivity index (χ1) is 19.1. The number of pyridine rings is 1. The smallest absolute Gasteiger partial charge is 0.183 e. The third-order valence-electron chi connectivity index (χ3n) is 6.70. The van der Waals surface area contributed by atoms with Crippen molar-refractivity contribution in [3.8, 4) is 23.0 Å². The molecule has 8 nitrogen and oxygen atoms in total. The fourth-order valence-electron chi connectivity index (χ4n) is 4.64. The molecule has 0 saturated heterocycles. The minimum absolute atomic E-state index is 0.110. The lowest BCUT2D eigenvalue weighted by Crippen LogP contribution is -2.07. The van der Waals surface area contributed by atoms with Gasteiger partial charge in [0.2, 0.25) is 0 Å². The van der Waals surface area contributed by atoms with Crippen LogP contribution in [0.3, 0.4) is 0 Å². The number of fused-ring (bicyclic) bond motifs is 1. The molecular formula is C29H26F2N6O2. The Morgan fingerprint density at radius 1 is 1.08 bits per heavy atom. The highest BCUT2D eigenvalue weighted by atomic mass is 19.1. The molecule has 1 saturated carbocycles. The van der Waals surface area contributed by atoms with Gasteiger partial charge in [-0.1, -0.05) is 18.2 Å². The second kappa shape index (κ2) is 10.3. The maximum Gasteiger partial charge on any atom is 0.183 e. The zero-order chi connectivity index (χ0) is 26.9. The number of anilines is 2. The molecule has 1 aliphatic rings. The summed E-state index contributed by atoms with van der Waals surface area (Å²) in [4.78, 5) is 13.5. The number of nitrogens with zero attached hydrogens (tertiary/aromatic N) is 5. The predicted molar refractivity (Wildman–Crippen MR) is 143 cm³/mol. The number of hydrogen-bond acceptors (Lipinski definition) is 7. The van der Waals surface area contributed by atoms with Crippen molar-refractivity contribution >= 4 is 22.4 Å². The molecule has 6 rings (SSSR count). The first kappa shape index (κ1) is 24.7. The van der Waals surface area contributed by atoms with Crippen LogP contribution in [0, 0.1) is 11.6 Å². The van der Waals surface area contributed by atoms with Crippen molar-refractivity contribution in [3.05, 3.63) is 83.8 Å². The van der Waals surface area contributed by atoms with E-state index < -0.39 is 11.6 Å². The summed E-state index contributed by atoms with van der Waals surface area (Å²) in [6, 6.07) is 11.7. The van der Waals surface area contributed by atoms with E-state index in [9.17, 15) is 8.78 Å². The molecule has 0 amide bonds. The summed E-state index contributed by atoms with van der Waals surface area (Å²) in [5.74, 6) is 0.538. The molecule has 39 heavy (non-hydrogen) atoms. The molecule has 0 bridgehead atoms. The van der Waals surface area contributed by atoms with E-state index in [0.29, 0.717) is 41.1 Å². The quantitative estimate of drug-likeness (QED) is 0.242. The van der Waals surface area contributed by atoms with Crippen LogP contribution >= 0.6 is 0 Å². The zero-order valence-electron chi connectivity index (χ0n) is 21.5. The average molecular weight is 529 g/mol. The van der Waals surface area contributed by atoms with Crippen molar-refractivity contribution in [2.75, 3.05) is 19.0 Å². The molecule has 5 aromatic rings. The van der Waals surface area contributed by atoms with Gasteiger partial charge in [-0.15, -0.1) is 0 Å². The van der Waals surface area contributed by atoms with Gasteiger partial charge in [-0.3, -0.25) is 9.67 Å². The van der Waals surface area contributed by atoms with Crippen molar-refractivity contribution < 1.29 is 18.3 Å². The lowest BCUT2D eigenvalue weighted by Gasteiger charge is -2.13. The van der Waals surface area contributed by atoms with Crippen LogP contribution in [-0.2, 0) is 6.54 Å². The first-order valence-corrected chi connectivity index (χ1v) is 12.7. The van der Waals surface area contributed by atoms with E-state index >= 15 is 0 Å². The van der Waals surface area contributed by atoms with Crippen LogP contribution in [0.4, 0.5) is 20.3 Å². The molecule has 2 aromatic carbocycles. The Bertz CT molecular complexity index is 1640. The van der Waals surface area contributed by atoms with E-state index in [-0.39, 0.29) is 17.9 Å². The highest BCUT2D eigenvalue weighted by Crippen LogP contribution is 2.44. The highest BCUT2D eigenvalue weighted by molar-refractivity contribution is 5.92. The van der Waals surface area contributed by atoms with Crippen LogP contribution < -0.4 is 14.8 Å². The Hall–Kier alpha value is -4.60. The minimum atomic E-state index is -0.699. The maximum absolute atomic E-state index is 14.9. The second-order valence-electron chi connectivity index (χ2n) is 9.29. The van der Waals surface area contributed by atoms with Crippen molar-refractivity contribution in [2.24, 2.45) is 0 Å². The number of aromatic nitrogens is 5. The number of rotatable bonds is 9. The summed E-state index contributed by atoms with van der Waals surface area (Å²) in [6.45, 7) is 1.95. The van der Waals surface area contributed by atoms with Gasteiger partial charge >= 0.3 is 0 Å². The van der Waals surface area contributed by atoms with Gasteiger partial charge in [-0.05, 0) is 43.4 Å². The molecular weight excluding hydrogens is 502 g/mol. The third-order valence-corrected chi connectivity index (χ3v) is 6.70. The zero-order valence-corrected chi connectivity index (χ0v) is 21.5. The number of nitrogens with one attached hydrogen (secondary N) is 1. The van der Waals surface area contributed by atoms with Crippen LogP contribution in [0.2, 0.25) is 0 Å². The van der Waals surface area contributed by atoms with Crippen LogP contribution in [0.15, 0.2) is 61.1 Å². The number of methoxy groups -OCH3 is 1. The lowest BCUT2D eigenvalue weighted by molar-refractivity contribution is 0.335. The molecule has 0 unspecified atom stereocenters. The van der Waals surface area contributed by atoms with Crippen LogP contribution in [0.1, 0.15) is 36.8 Å². The van der Waals surface area contributed by atoms with Gasteiger partial charge in [0.25, 0.3) is 0 Å². The van der Waals surface area contributed by atoms with Gasteiger partial charge in [-0.2, -0.15) is 5.10 Å². The number of hydrogen-bond donors (Lipinski definition) is 1. The summed E-state index contributed by atoms with van der Waals surface area (Å²) in [7, 11) is 1.56. The molecule has 198 valence electrons. The van der Waals surface area contributed by atoms with Crippen LogP contribution in [-0.4, -0.2) is 38.4 Å². The number of halogens is 2. The highest BCUT2D eigenvalue weighted by Gasteiger charge is 2.27. The van der Waals surface area contributed by atoms with Gasteiger partial charge < -0.3 is 14.8 Å². The normalized spacial score (nSPS) is 13.0. The molecule has 1 N–H and O–H groups in total. The van der Waals surface area contributed by atoms with E-state index in [1.165, 1.54) is 12.1 Å². The van der Waals surface area contributed by atoms with Crippen LogP contribution in [0.25, 0.3) is 22.4 Å². The van der Waals surface area contributed by atoms with Crippen molar-refractivity contribution in [3.63, 3.8) is 0 Å². The molecule has 1 fully saturated rings. The van der Waals surface area contributed by atoms with Gasteiger partial charge in [-0.25, -0.2) is 18.7 Å². The monoisotopic (exact) mass is 528 g/mol. The summed E-state index contributed by atoms with van der Waals surface area (Å²) < 4.78 is 42.1. The third kappa shape index (κ3) is 4.85. The Morgan fingerprint density at radius 2 is 1.87 bits per heavy atom. The Labute approximate surface area is 223 Å². The van der Waals surface area contributed by atoms with E-state index in [2.05, 4.69) is 15.3 Å². The average Bonchev–Trinajstić information content (AvgIpc) is 3.72. The van der Waals surface area contributed by atoms with E-state index in [4.69, 9.17) is 19.6 Å². The van der Waals surface area contributed by atoms with Crippen molar-refractivity contribution in [1.82, 2.24) is 24.7 Å². The lowest BCUT2D eigenvalue weighted by atomic mass is 10.1. The Kier molecular flexibility index (Phi) is 6.52. The molecule has 0 spiro atoms. The SMILES string of the molecule is CCOc1cc(F)c(Cn2nc(-c3ncc(OC)c(Nc4ccncc4C4CC4)n3)c3ccccc32)c(F)c1. The predicted octanol–water partition coefficient (Wildman–Crippen LogP) is 6.24. The summed E-state index contributed by atoms with van der Waals surface area (Å²) in [5.41, 5.74) is 3.11. The summed E-state index contributed by atoms with van der Waals surface area (Å²) >= 11 is 0. The molecule has 3 heterocycles. The number of ether oxygens (including phenoxy) is 2.